The summed E-state index contributed by atoms with van der Waals surface area (Å²) in [6, 6.07) is 0. The van der Waals surface area contributed by atoms with Gasteiger partial charge in [0.05, 0.1) is 6.20 Å². The molecule has 2 unspecified atom stereocenters. The maximum absolute atomic E-state index is 4.29. The van der Waals surface area contributed by atoms with Gasteiger partial charge < -0.3 is 5.32 Å². The molecule has 0 radical (unpaired) electrons. The summed E-state index contributed by atoms with van der Waals surface area (Å²) in [4.78, 5) is 0. The van der Waals surface area contributed by atoms with E-state index < -0.39 is 0 Å². The maximum atomic E-state index is 4.29. The Hall–Kier alpha value is -0.830. The number of nitrogens with one attached hydrogen (secondary N) is 1. The Labute approximate surface area is 85.5 Å². The summed E-state index contributed by atoms with van der Waals surface area (Å²) in [6.45, 7) is 6.56. The van der Waals surface area contributed by atoms with Crippen LogP contribution in [0.1, 0.15) is 30.5 Å². The molecule has 1 aliphatic rings. The summed E-state index contributed by atoms with van der Waals surface area (Å²) in [5, 5.41) is 7.70. The van der Waals surface area contributed by atoms with Gasteiger partial charge in [0.1, 0.15) is 0 Å². The fourth-order valence-electron chi connectivity index (χ4n) is 2.06. The van der Waals surface area contributed by atoms with E-state index in [0.717, 1.165) is 24.9 Å². The molecule has 2 atom stereocenters. The van der Waals surface area contributed by atoms with E-state index >= 15 is 0 Å². The Kier molecular flexibility index (Phi) is 2.59. The van der Waals surface area contributed by atoms with Gasteiger partial charge in [0.25, 0.3) is 0 Å². The normalized spacial score (nSPS) is 25.4. The molecule has 1 aromatic heterocycles. The first-order chi connectivity index (χ1) is 6.74. The van der Waals surface area contributed by atoms with Crippen molar-refractivity contribution >= 4 is 0 Å². The fraction of sp³-hybridized carbons (Fsp3) is 0.727. The van der Waals surface area contributed by atoms with Crippen LogP contribution in [0.25, 0.3) is 0 Å². The molecule has 1 saturated carbocycles. The summed E-state index contributed by atoms with van der Waals surface area (Å²) in [5.74, 6) is 1.61. The van der Waals surface area contributed by atoms with Gasteiger partial charge in [-0.1, -0.05) is 6.92 Å². The summed E-state index contributed by atoms with van der Waals surface area (Å²) >= 11 is 0. The molecule has 1 fully saturated rings. The Bertz CT molecular complexity index is 316. The number of nitrogens with zero attached hydrogens (tertiary/aromatic N) is 2. The van der Waals surface area contributed by atoms with E-state index in [2.05, 4.69) is 24.3 Å². The van der Waals surface area contributed by atoms with Crippen molar-refractivity contribution in [2.24, 2.45) is 13.0 Å². The molecule has 0 aromatic carbocycles. The van der Waals surface area contributed by atoms with Crippen LogP contribution in [-0.2, 0) is 7.05 Å². The number of rotatable bonds is 4. The van der Waals surface area contributed by atoms with Crippen LogP contribution in [-0.4, -0.2) is 22.9 Å². The maximum Gasteiger partial charge on any atom is 0.0527 e. The molecule has 0 aliphatic heterocycles. The van der Waals surface area contributed by atoms with Crippen LogP contribution in [0.3, 0.4) is 0 Å². The fourth-order valence-corrected chi connectivity index (χ4v) is 2.06. The van der Waals surface area contributed by atoms with Crippen LogP contribution in [0.15, 0.2) is 6.20 Å². The Morgan fingerprint density at radius 3 is 3.00 bits per heavy atom. The van der Waals surface area contributed by atoms with Crippen molar-refractivity contribution in [1.29, 1.82) is 0 Å². The molecule has 1 aliphatic carbocycles. The van der Waals surface area contributed by atoms with Crippen molar-refractivity contribution in [1.82, 2.24) is 15.1 Å². The highest BCUT2D eigenvalue weighted by molar-refractivity contribution is 5.27. The minimum absolute atomic E-state index is 0.766. The van der Waals surface area contributed by atoms with Crippen molar-refractivity contribution in [3.63, 3.8) is 0 Å². The number of hydrogen-bond donors (Lipinski definition) is 1. The lowest BCUT2D eigenvalue weighted by molar-refractivity contribution is 0.648. The third-order valence-corrected chi connectivity index (χ3v) is 3.25. The molecule has 14 heavy (non-hydrogen) atoms. The Morgan fingerprint density at radius 1 is 1.64 bits per heavy atom. The monoisotopic (exact) mass is 193 g/mol. The molecule has 0 bridgehead atoms. The average molecular weight is 193 g/mol. The highest BCUT2D eigenvalue weighted by atomic mass is 15.3. The summed E-state index contributed by atoms with van der Waals surface area (Å²) in [7, 11) is 2.01. The molecule has 2 rings (SSSR count). The first kappa shape index (κ1) is 9.71. The Balaban J connectivity index is 1.96. The van der Waals surface area contributed by atoms with Gasteiger partial charge in [0, 0.05) is 12.7 Å². The molecule has 3 heteroatoms. The van der Waals surface area contributed by atoms with Gasteiger partial charge in [-0.15, -0.1) is 0 Å². The quantitative estimate of drug-likeness (QED) is 0.784. The third kappa shape index (κ3) is 1.69. The highest BCUT2D eigenvalue weighted by Gasteiger charge is 2.39. The molecule has 1 heterocycles. The van der Waals surface area contributed by atoms with Crippen LogP contribution >= 0.6 is 0 Å². The minimum atomic E-state index is 0.766. The second kappa shape index (κ2) is 3.73. The lowest BCUT2D eigenvalue weighted by Gasteiger charge is -2.01. The topological polar surface area (TPSA) is 29.9 Å². The SMILES string of the molecule is CCNCC1CC1c1cnn(C)c1C. The largest absolute Gasteiger partial charge is 0.317 e. The lowest BCUT2D eigenvalue weighted by Crippen LogP contribution is -2.16. The predicted molar refractivity (Wildman–Crippen MR) is 57.3 cm³/mol. The minimum Gasteiger partial charge on any atom is -0.317 e. The summed E-state index contributed by atoms with van der Waals surface area (Å²) in [6.07, 6.45) is 3.37. The smallest absolute Gasteiger partial charge is 0.0527 e. The Morgan fingerprint density at radius 2 is 2.43 bits per heavy atom. The van der Waals surface area contributed by atoms with Gasteiger partial charge in [0.2, 0.25) is 0 Å². The van der Waals surface area contributed by atoms with Crippen molar-refractivity contribution in [2.75, 3.05) is 13.1 Å². The highest BCUT2D eigenvalue weighted by Crippen LogP contribution is 2.47. The van der Waals surface area contributed by atoms with Crippen LogP contribution < -0.4 is 5.32 Å². The van der Waals surface area contributed by atoms with E-state index in [4.69, 9.17) is 0 Å². The van der Waals surface area contributed by atoms with Gasteiger partial charge in [-0.05, 0) is 43.8 Å². The van der Waals surface area contributed by atoms with Gasteiger partial charge in [-0.25, -0.2) is 0 Å². The lowest BCUT2D eigenvalue weighted by atomic mass is 10.1. The van der Waals surface area contributed by atoms with Crippen LogP contribution in [0.5, 0.6) is 0 Å². The molecule has 78 valence electrons. The van der Waals surface area contributed by atoms with E-state index in [-0.39, 0.29) is 0 Å². The van der Waals surface area contributed by atoms with Gasteiger partial charge in [0.15, 0.2) is 0 Å². The predicted octanol–water partition coefficient (Wildman–Crippen LogP) is 1.44. The first-order valence-corrected chi connectivity index (χ1v) is 5.43. The molecule has 1 aromatic rings. The van der Waals surface area contributed by atoms with Gasteiger partial charge in [-0.2, -0.15) is 5.10 Å². The van der Waals surface area contributed by atoms with Crippen LogP contribution in [0, 0.1) is 12.8 Å². The van der Waals surface area contributed by atoms with E-state index in [1.807, 2.05) is 17.9 Å². The first-order valence-electron chi connectivity index (χ1n) is 5.43. The molecule has 1 N–H and O–H groups in total. The molecule has 0 amide bonds. The molecule has 0 spiro atoms. The number of aromatic nitrogens is 2. The second-order valence-corrected chi connectivity index (χ2v) is 4.22. The average Bonchev–Trinajstić information content (AvgIpc) is 2.87. The molecular weight excluding hydrogens is 174 g/mol. The van der Waals surface area contributed by atoms with Crippen LogP contribution in [0.2, 0.25) is 0 Å². The zero-order valence-corrected chi connectivity index (χ0v) is 9.25. The zero-order valence-electron chi connectivity index (χ0n) is 9.25. The molecular formula is C11H19N3. The van der Waals surface area contributed by atoms with E-state index in [1.54, 1.807) is 0 Å². The number of hydrogen-bond acceptors (Lipinski definition) is 2. The molecule has 0 saturated heterocycles. The van der Waals surface area contributed by atoms with E-state index in [9.17, 15) is 0 Å². The zero-order chi connectivity index (χ0) is 10.1. The summed E-state index contributed by atoms with van der Waals surface area (Å²) < 4.78 is 1.97. The van der Waals surface area contributed by atoms with Crippen molar-refractivity contribution in [3.05, 3.63) is 17.5 Å². The third-order valence-electron chi connectivity index (χ3n) is 3.25. The van der Waals surface area contributed by atoms with Gasteiger partial charge in [-0.3, -0.25) is 4.68 Å². The van der Waals surface area contributed by atoms with Crippen molar-refractivity contribution in [2.45, 2.75) is 26.2 Å². The number of aryl methyl sites for hydroxylation is 1. The van der Waals surface area contributed by atoms with Crippen LogP contribution in [0.4, 0.5) is 0 Å². The molecule has 3 nitrogen and oxygen atoms in total. The van der Waals surface area contributed by atoms with Crippen molar-refractivity contribution in [3.8, 4) is 0 Å². The van der Waals surface area contributed by atoms with Crippen molar-refractivity contribution < 1.29 is 0 Å². The van der Waals surface area contributed by atoms with E-state index in [1.165, 1.54) is 17.7 Å². The summed E-state index contributed by atoms with van der Waals surface area (Å²) in [5.41, 5.74) is 2.78. The van der Waals surface area contributed by atoms with Gasteiger partial charge >= 0.3 is 0 Å². The van der Waals surface area contributed by atoms with E-state index in [0.29, 0.717) is 0 Å². The standard InChI is InChI=1S/C11H19N3/c1-4-12-6-9-5-10(9)11-7-13-14(3)8(11)2/h7,9-10,12H,4-6H2,1-3H3. The second-order valence-electron chi connectivity index (χ2n) is 4.22.